The SMILES string of the molecule is CCNCCNCCCCCNC(=O)C(C)C. The number of carbonyl (C=O) groups excluding carboxylic acids is 1. The molecule has 17 heavy (non-hydrogen) atoms. The monoisotopic (exact) mass is 243 g/mol. The first-order chi connectivity index (χ1) is 8.18. The summed E-state index contributed by atoms with van der Waals surface area (Å²) in [6, 6.07) is 0. The Hall–Kier alpha value is -0.610. The van der Waals surface area contributed by atoms with Crippen LogP contribution in [0, 0.1) is 5.92 Å². The Morgan fingerprint density at radius 2 is 1.59 bits per heavy atom. The second-order valence-electron chi connectivity index (χ2n) is 4.61. The van der Waals surface area contributed by atoms with Gasteiger partial charge in [0.25, 0.3) is 0 Å². The molecule has 0 aliphatic rings. The molecular formula is C13H29N3O. The zero-order valence-corrected chi connectivity index (χ0v) is 11.6. The van der Waals surface area contributed by atoms with Gasteiger partial charge in [-0.2, -0.15) is 0 Å². The standard InChI is InChI=1S/C13H29N3O/c1-4-14-10-11-15-8-6-5-7-9-16-13(17)12(2)3/h12,14-15H,4-11H2,1-3H3,(H,16,17). The molecule has 0 aromatic rings. The summed E-state index contributed by atoms with van der Waals surface area (Å²) < 4.78 is 0. The maximum absolute atomic E-state index is 11.2. The van der Waals surface area contributed by atoms with Gasteiger partial charge in [-0.05, 0) is 25.9 Å². The molecule has 0 bridgehead atoms. The Balaban J connectivity index is 3.06. The van der Waals surface area contributed by atoms with Gasteiger partial charge in [-0.25, -0.2) is 0 Å². The summed E-state index contributed by atoms with van der Waals surface area (Å²) in [5.74, 6) is 0.261. The number of hydrogen-bond donors (Lipinski definition) is 3. The summed E-state index contributed by atoms with van der Waals surface area (Å²) in [6.07, 6.45) is 3.43. The summed E-state index contributed by atoms with van der Waals surface area (Å²) in [4.78, 5) is 11.2. The Morgan fingerprint density at radius 1 is 0.941 bits per heavy atom. The van der Waals surface area contributed by atoms with Gasteiger partial charge in [-0.1, -0.05) is 27.2 Å². The summed E-state index contributed by atoms with van der Waals surface area (Å²) in [6.45, 7) is 11.0. The third kappa shape index (κ3) is 11.6. The van der Waals surface area contributed by atoms with Crippen molar-refractivity contribution in [2.45, 2.75) is 40.0 Å². The normalized spacial score (nSPS) is 10.8. The van der Waals surface area contributed by atoms with Crippen molar-refractivity contribution < 1.29 is 4.79 Å². The molecule has 0 aromatic heterocycles. The molecule has 102 valence electrons. The minimum absolute atomic E-state index is 0.0998. The van der Waals surface area contributed by atoms with Crippen molar-refractivity contribution in [3.05, 3.63) is 0 Å². The summed E-state index contributed by atoms with van der Waals surface area (Å²) >= 11 is 0. The predicted octanol–water partition coefficient (Wildman–Crippen LogP) is 1.13. The zero-order valence-electron chi connectivity index (χ0n) is 11.6. The molecule has 0 saturated carbocycles. The van der Waals surface area contributed by atoms with Crippen LogP contribution in [0.3, 0.4) is 0 Å². The molecule has 0 fully saturated rings. The second-order valence-corrected chi connectivity index (χ2v) is 4.61. The highest BCUT2D eigenvalue weighted by atomic mass is 16.1. The lowest BCUT2D eigenvalue weighted by Gasteiger charge is -2.08. The van der Waals surface area contributed by atoms with Gasteiger partial charge in [0.2, 0.25) is 5.91 Å². The average Bonchev–Trinajstić information content (AvgIpc) is 2.31. The average molecular weight is 243 g/mol. The van der Waals surface area contributed by atoms with Gasteiger partial charge >= 0.3 is 0 Å². The van der Waals surface area contributed by atoms with Gasteiger partial charge in [0.1, 0.15) is 0 Å². The van der Waals surface area contributed by atoms with Gasteiger partial charge in [-0.15, -0.1) is 0 Å². The molecule has 0 aromatic carbocycles. The fourth-order valence-corrected chi connectivity index (χ4v) is 1.45. The van der Waals surface area contributed by atoms with E-state index in [1.165, 1.54) is 12.8 Å². The smallest absolute Gasteiger partial charge is 0.222 e. The zero-order chi connectivity index (χ0) is 12.9. The van der Waals surface area contributed by atoms with Crippen molar-refractivity contribution in [2.24, 2.45) is 5.92 Å². The van der Waals surface area contributed by atoms with E-state index in [9.17, 15) is 4.79 Å². The highest BCUT2D eigenvalue weighted by Crippen LogP contribution is 1.94. The maximum atomic E-state index is 11.2. The number of unbranched alkanes of at least 4 members (excludes halogenated alkanes) is 2. The molecule has 0 rings (SSSR count). The van der Waals surface area contributed by atoms with Crippen molar-refractivity contribution in [3.63, 3.8) is 0 Å². The van der Waals surface area contributed by atoms with E-state index in [0.717, 1.165) is 39.1 Å². The second kappa shape index (κ2) is 11.9. The predicted molar refractivity (Wildman–Crippen MR) is 73.1 cm³/mol. The molecular weight excluding hydrogens is 214 g/mol. The van der Waals surface area contributed by atoms with Crippen LogP contribution in [0.5, 0.6) is 0 Å². The molecule has 0 atom stereocenters. The van der Waals surface area contributed by atoms with Crippen LogP contribution in [-0.2, 0) is 4.79 Å². The molecule has 4 heteroatoms. The van der Waals surface area contributed by atoms with E-state index in [1.54, 1.807) is 0 Å². The molecule has 0 heterocycles. The van der Waals surface area contributed by atoms with Crippen molar-refractivity contribution in [1.29, 1.82) is 0 Å². The van der Waals surface area contributed by atoms with Crippen molar-refractivity contribution in [1.82, 2.24) is 16.0 Å². The van der Waals surface area contributed by atoms with E-state index in [2.05, 4.69) is 22.9 Å². The first-order valence-electron chi connectivity index (χ1n) is 6.87. The quantitative estimate of drug-likeness (QED) is 0.477. The van der Waals surface area contributed by atoms with Crippen molar-refractivity contribution in [2.75, 3.05) is 32.7 Å². The summed E-state index contributed by atoms with van der Waals surface area (Å²) in [7, 11) is 0. The van der Waals surface area contributed by atoms with Crippen LogP contribution in [0.25, 0.3) is 0 Å². The number of likely N-dealkylation sites (N-methyl/N-ethyl adjacent to an activating group) is 1. The Kier molecular flexibility index (Phi) is 11.4. The minimum atomic E-state index is 0.0998. The number of carbonyl (C=O) groups is 1. The lowest BCUT2D eigenvalue weighted by Crippen LogP contribution is -2.29. The van der Waals surface area contributed by atoms with Crippen LogP contribution in [0.1, 0.15) is 40.0 Å². The molecule has 1 amide bonds. The van der Waals surface area contributed by atoms with E-state index < -0.39 is 0 Å². The lowest BCUT2D eigenvalue weighted by molar-refractivity contribution is -0.123. The molecule has 0 unspecified atom stereocenters. The van der Waals surface area contributed by atoms with E-state index in [0.29, 0.717) is 0 Å². The first kappa shape index (κ1) is 16.4. The number of amides is 1. The van der Waals surface area contributed by atoms with Crippen LogP contribution in [0.4, 0.5) is 0 Å². The fourth-order valence-electron chi connectivity index (χ4n) is 1.45. The highest BCUT2D eigenvalue weighted by molar-refractivity contribution is 5.77. The summed E-state index contributed by atoms with van der Waals surface area (Å²) in [5, 5.41) is 9.59. The van der Waals surface area contributed by atoms with Gasteiger partial charge in [0, 0.05) is 25.6 Å². The van der Waals surface area contributed by atoms with Crippen LogP contribution in [0.2, 0.25) is 0 Å². The largest absolute Gasteiger partial charge is 0.356 e. The van der Waals surface area contributed by atoms with Crippen molar-refractivity contribution in [3.8, 4) is 0 Å². The maximum Gasteiger partial charge on any atom is 0.222 e. The van der Waals surface area contributed by atoms with Crippen LogP contribution in [-0.4, -0.2) is 38.6 Å². The van der Waals surface area contributed by atoms with Crippen molar-refractivity contribution >= 4 is 5.91 Å². The van der Waals surface area contributed by atoms with E-state index in [-0.39, 0.29) is 11.8 Å². The third-order valence-corrected chi connectivity index (χ3v) is 2.58. The Bertz CT molecular complexity index is 184. The van der Waals surface area contributed by atoms with E-state index >= 15 is 0 Å². The van der Waals surface area contributed by atoms with Crippen LogP contribution >= 0.6 is 0 Å². The van der Waals surface area contributed by atoms with Gasteiger partial charge in [0.15, 0.2) is 0 Å². The molecule has 0 spiro atoms. The van der Waals surface area contributed by atoms with E-state index in [1.807, 2.05) is 13.8 Å². The Morgan fingerprint density at radius 3 is 2.24 bits per heavy atom. The molecule has 4 nitrogen and oxygen atoms in total. The lowest BCUT2D eigenvalue weighted by atomic mass is 10.2. The fraction of sp³-hybridized carbons (Fsp3) is 0.923. The Labute approximate surface area is 106 Å². The van der Waals surface area contributed by atoms with Gasteiger partial charge in [0.05, 0.1) is 0 Å². The number of rotatable bonds is 11. The third-order valence-electron chi connectivity index (χ3n) is 2.58. The minimum Gasteiger partial charge on any atom is -0.356 e. The van der Waals surface area contributed by atoms with Gasteiger partial charge in [-0.3, -0.25) is 4.79 Å². The molecule has 0 aliphatic carbocycles. The number of hydrogen-bond acceptors (Lipinski definition) is 3. The van der Waals surface area contributed by atoms with E-state index in [4.69, 9.17) is 0 Å². The molecule has 0 radical (unpaired) electrons. The highest BCUT2D eigenvalue weighted by Gasteiger charge is 2.04. The number of nitrogens with one attached hydrogen (secondary N) is 3. The van der Waals surface area contributed by atoms with Gasteiger partial charge < -0.3 is 16.0 Å². The van der Waals surface area contributed by atoms with Crippen LogP contribution in [0.15, 0.2) is 0 Å². The molecule has 3 N–H and O–H groups in total. The first-order valence-corrected chi connectivity index (χ1v) is 6.87. The topological polar surface area (TPSA) is 53.2 Å². The summed E-state index contributed by atoms with van der Waals surface area (Å²) in [5.41, 5.74) is 0. The molecule has 0 saturated heterocycles. The molecule has 0 aliphatic heterocycles. The van der Waals surface area contributed by atoms with Crippen LogP contribution < -0.4 is 16.0 Å².